The molecule has 3 N–H and O–H groups in total. The van der Waals surface area contributed by atoms with Crippen LogP contribution < -0.4 is 0 Å². The number of hydrogen-bond acceptors (Lipinski definition) is 15. The van der Waals surface area contributed by atoms with Crippen molar-refractivity contribution in [2.24, 2.45) is 11.8 Å². The van der Waals surface area contributed by atoms with Crippen LogP contribution in [0, 0.1) is 11.8 Å². The second kappa shape index (κ2) is 66.9. The number of hydrogen-bond donors (Lipinski definition) is 3. The number of carbonyl (C=O) groups is 4. The number of phosphoric ester groups is 2. The van der Waals surface area contributed by atoms with E-state index >= 15 is 0 Å². The molecule has 5 atom stereocenters. The van der Waals surface area contributed by atoms with Crippen molar-refractivity contribution in [2.45, 2.75) is 407 Å². The molecule has 0 aromatic heterocycles. The van der Waals surface area contributed by atoms with Crippen molar-refractivity contribution < 1.29 is 80.2 Å². The van der Waals surface area contributed by atoms with Gasteiger partial charge >= 0.3 is 39.5 Å². The van der Waals surface area contributed by atoms with Gasteiger partial charge in [-0.2, -0.15) is 0 Å². The average Bonchev–Trinajstić information content (AvgIpc) is 1.99. The number of esters is 4. The molecule has 0 aliphatic heterocycles. The largest absolute Gasteiger partial charge is 0.472 e. The van der Waals surface area contributed by atoms with E-state index in [1.807, 2.05) is 0 Å². The van der Waals surface area contributed by atoms with E-state index in [4.69, 9.17) is 37.0 Å². The van der Waals surface area contributed by atoms with Crippen molar-refractivity contribution in [2.75, 3.05) is 39.6 Å². The smallest absolute Gasteiger partial charge is 0.462 e. The molecule has 0 aromatic carbocycles. The van der Waals surface area contributed by atoms with E-state index in [0.717, 1.165) is 108 Å². The van der Waals surface area contributed by atoms with Crippen LogP contribution >= 0.6 is 15.6 Å². The third-order valence-corrected chi connectivity index (χ3v) is 19.4. The maximum atomic E-state index is 13.1. The van der Waals surface area contributed by atoms with Gasteiger partial charge in [0.2, 0.25) is 0 Å². The monoisotopic (exact) mass is 1380 g/mol. The molecule has 19 heteroatoms. The third-order valence-electron chi connectivity index (χ3n) is 17.5. The van der Waals surface area contributed by atoms with Crippen molar-refractivity contribution in [3.05, 3.63) is 0 Å². The number of rotatable bonds is 74. The molecule has 17 nitrogen and oxygen atoms in total. The van der Waals surface area contributed by atoms with Crippen LogP contribution in [0.25, 0.3) is 0 Å². The zero-order valence-electron chi connectivity index (χ0n) is 61.3. The van der Waals surface area contributed by atoms with Crippen LogP contribution in [0.15, 0.2) is 0 Å². The van der Waals surface area contributed by atoms with Gasteiger partial charge in [0.1, 0.15) is 19.3 Å². The molecule has 0 spiro atoms. The zero-order chi connectivity index (χ0) is 69.3. The molecule has 0 aliphatic rings. The molecule has 0 aliphatic carbocycles. The molecule has 0 radical (unpaired) electrons. The fourth-order valence-corrected chi connectivity index (χ4v) is 13.1. The molecule has 0 amide bonds. The Kier molecular flexibility index (Phi) is 65.5. The highest BCUT2D eigenvalue weighted by molar-refractivity contribution is 7.47. The Bertz CT molecular complexity index is 1820. The fourth-order valence-electron chi connectivity index (χ4n) is 11.5. The number of ether oxygens (including phenoxy) is 4. The highest BCUT2D eigenvalue weighted by atomic mass is 31.2. The van der Waals surface area contributed by atoms with E-state index in [-0.39, 0.29) is 25.7 Å². The molecule has 0 fully saturated rings. The van der Waals surface area contributed by atoms with Crippen LogP contribution in [0.3, 0.4) is 0 Å². The summed E-state index contributed by atoms with van der Waals surface area (Å²) in [5, 5.41) is 10.6. The lowest BCUT2D eigenvalue weighted by Gasteiger charge is -2.21. The maximum absolute atomic E-state index is 13.1. The van der Waals surface area contributed by atoms with Gasteiger partial charge in [-0.15, -0.1) is 0 Å². The molecular weight excluding hydrogens is 1230 g/mol. The summed E-state index contributed by atoms with van der Waals surface area (Å²) in [6.45, 7) is 9.49. The van der Waals surface area contributed by atoms with Crippen LogP contribution in [0.5, 0.6) is 0 Å². The lowest BCUT2D eigenvalue weighted by Crippen LogP contribution is -2.30. The summed E-state index contributed by atoms with van der Waals surface area (Å²) >= 11 is 0. The normalized spacial score (nSPS) is 14.0. The van der Waals surface area contributed by atoms with Crippen molar-refractivity contribution in [3.63, 3.8) is 0 Å². The summed E-state index contributed by atoms with van der Waals surface area (Å²) in [7, 11) is -9.90. The molecule has 0 saturated heterocycles. The molecular formula is C75H146O17P2. The highest BCUT2D eigenvalue weighted by Crippen LogP contribution is 2.45. The van der Waals surface area contributed by atoms with E-state index in [1.54, 1.807) is 0 Å². The van der Waals surface area contributed by atoms with E-state index in [9.17, 15) is 43.2 Å². The lowest BCUT2D eigenvalue weighted by atomic mass is 10.0. The van der Waals surface area contributed by atoms with Crippen LogP contribution in [0.4, 0.5) is 0 Å². The molecule has 0 bridgehead atoms. The Morgan fingerprint density at radius 2 is 0.489 bits per heavy atom. The predicted molar refractivity (Wildman–Crippen MR) is 381 cm³/mol. The maximum Gasteiger partial charge on any atom is 0.472 e. The molecule has 0 saturated carbocycles. The van der Waals surface area contributed by atoms with E-state index in [1.165, 1.54) is 199 Å². The van der Waals surface area contributed by atoms with Crippen molar-refractivity contribution in [1.29, 1.82) is 0 Å². The topological polar surface area (TPSA) is 237 Å². The summed E-state index contributed by atoms with van der Waals surface area (Å²) in [4.78, 5) is 72.4. The predicted octanol–water partition coefficient (Wildman–Crippen LogP) is 21.9. The Labute approximate surface area is 575 Å². The van der Waals surface area contributed by atoms with Gasteiger partial charge in [0, 0.05) is 25.7 Å². The number of carbonyl (C=O) groups excluding carboxylic acids is 4. The average molecular weight is 1380 g/mol. The van der Waals surface area contributed by atoms with Gasteiger partial charge in [-0.3, -0.25) is 37.3 Å². The Morgan fingerprint density at radius 3 is 0.723 bits per heavy atom. The quantitative estimate of drug-likeness (QED) is 0.0222. The molecule has 558 valence electrons. The van der Waals surface area contributed by atoms with Crippen molar-refractivity contribution in [3.8, 4) is 0 Å². The van der Waals surface area contributed by atoms with Gasteiger partial charge in [-0.05, 0) is 37.5 Å². The zero-order valence-corrected chi connectivity index (χ0v) is 63.1. The summed E-state index contributed by atoms with van der Waals surface area (Å²) < 4.78 is 68.2. The minimum atomic E-state index is -4.95. The summed E-state index contributed by atoms with van der Waals surface area (Å²) in [5.74, 6) is -0.591. The minimum Gasteiger partial charge on any atom is -0.462 e. The van der Waals surface area contributed by atoms with Crippen LogP contribution in [0.2, 0.25) is 0 Å². The van der Waals surface area contributed by atoms with Crippen molar-refractivity contribution >= 4 is 39.5 Å². The van der Waals surface area contributed by atoms with Gasteiger partial charge in [0.15, 0.2) is 12.2 Å². The highest BCUT2D eigenvalue weighted by Gasteiger charge is 2.30. The standard InChI is InChI=1S/C75H146O17P2/c1-7-9-11-13-14-15-16-17-18-21-25-28-31-34-40-46-52-58-73(78)86-64-71(92-74(79)59-53-47-41-35-32-29-26-23-20-19-22-24-27-30-33-38-44-49-55-67(3)4)66-90-94(83,84)88-62-69(76)61-87-93(81,82)89-65-70(63-85-72(77)57-51-43-12-10-8-2)91-75(80)60-54-48-42-37-36-39-45-50-56-68(5)6/h67-71,76H,7-66H2,1-6H3,(H,81,82)(H,83,84)/t69-,70+,71+/m0/s1. The van der Waals surface area contributed by atoms with Crippen molar-refractivity contribution in [1.82, 2.24) is 0 Å². The second-order valence-corrected chi connectivity index (χ2v) is 30.9. The summed E-state index contributed by atoms with van der Waals surface area (Å²) in [6.07, 6.45) is 54.7. The molecule has 2 unspecified atom stereocenters. The van der Waals surface area contributed by atoms with E-state index in [2.05, 4.69) is 41.5 Å². The fraction of sp³-hybridized carbons (Fsp3) is 0.947. The van der Waals surface area contributed by atoms with Gasteiger partial charge in [-0.25, -0.2) is 9.13 Å². The van der Waals surface area contributed by atoms with E-state index < -0.39 is 97.5 Å². The number of aliphatic hydroxyl groups excluding tert-OH is 1. The first-order valence-electron chi connectivity index (χ1n) is 39.0. The minimum absolute atomic E-state index is 0.104. The third kappa shape index (κ3) is 68.6. The Morgan fingerprint density at radius 1 is 0.287 bits per heavy atom. The van der Waals surface area contributed by atoms with Gasteiger partial charge in [-0.1, -0.05) is 337 Å². The molecule has 0 heterocycles. The van der Waals surface area contributed by atoms with E-state index in [0.29, 0.717) is 25.7 Å². The SMILES string of the molecule is CCCCCCCCCCCCCCCCCCCC(=O)OC[C@H](COP(=O)(O)OC[C@@H](O)COP(=O)(O)OC[C@@H](COC(=O)CCCCCCC)OC(=O)CCCCCCCCCCC(C)C)OC(=O)CCCCCCCCCCCCCCCCCCCCC(C)C. The Hall–Kier alpha value is -1.94. The molecule has 0 rings (SSSR count). The number of aliphatic hydroxyl groups is 1. The second-order valence-electron chi connectivity index (χ2n) is 28.0. The summed E-state index contributed by atoms with van der Waals surface area (Å²) in [6, 6.07) is 0. The molecule has 94 heavy (non-hydrogen) atoms. The van der Waals surface area contributed by atoms with Crippen LogP contribution in [-0.2, 0) is 65.4 Å². The Balaban J connectivity index is 5.12. The van der Waals surface area contributed by atoms with Crippen LogP contribution in [-0.4, -0.2) is 96.7 Å². The first-order chi connectivity index (χ1) is 45.4. The first kappa shape index (κ1) is 92.1. The first-order valence-corrected chi connectivity index (χ1v) is 42.0. The van der Waals surface area contributed by atoms with Gasteiger partial charge < -0.3 is 33.8 Å². The van der Waals surface area contributed by atoms with Gasteiger partial charge in [0.05, 0.1) is 26.4 Å². The number of unbranched alkanes of at least 4 members (excludes halogenated alkanes) is 44. The van der Waals surface area contributed by atoms with Crippen LogP contribution in [0.1, 0.15) is 388 Å². The summed E-state index contributed by atoms with van der Waals surface area (Å²) in [5.41, 5.74) is 0. The lowest BCUT2D eigenvalue weighted by molar-refractivity contribution is -0.161. The molecule has 0 aromatic rings. The van der Waals surface area contributed by atoms with Gasteiger partial charge in [0.25, 0.3) is 0 Å². The number of phosphoric acid groups is 2.